The van der Waals surface area contributed by atoms with Crippen molar-refractivity contribution in [1.29, 1.82) is 0 Å². The monoisotopic (exact) mass is 165 g/mol. The summed E-state index contributed by atoms with van der Waals surface area (Å²) in [5.74, 6) is 0. The number of piperidine rings is 1. The van der Waals surface area contributed by atoms with E-state index in [9.17, 15) is 0 Å². The number of nitrogens with one attached hydrogen (secondary N) is 1. The lowest BCUT2D eigenvalue weighted by molar-refractivity contribution is 0.342. The Kier molecular flexibility index (Phi) is 2.13. The molecule has 0 atom stereocenters. The van der Waals surface area contributed by atoms with Crippen molar-refractivity contribution < 1.29 is 0 Å². The SMILES string of the molecule is Cc1ccn(C2CCNCC2)n1. The Bertz CT molecular complexity index is 248. The van der Waals surface area contributed by atoms with Gasteiger partial charge in [-0.25, -0.2) is 0 Å². The summed E-state index contributed by atoms with van der Waals surface area (Å²) in [6.07, 6.45) is 4.51. The van der Waals surface area contributed by atoms with E-state index in [1.54, 1.807) is 0 Å². The molecule has 0 aliphatic carbocycles. The summed E-state index contributed by atoms with van der Waals surface area (Å²) in [4.78, 5) is 0. The number of nitrogens with zero attached hydrogens (tertiary/aromatic N) is 2. The lowest BCUT2D eigenvalue weighted by Gasteiger charge is -2.22. The van der Waals surface area contributed by atoms with Crippen LogP contribution in [0.15, 0.2) is 12.3 Å². The summed E-state index contributed by atoms with van der Waals surface area (Å²) >= 11 is 0. The lowest BCUT2D eigenvalue weighted by Crippen LogP contribution is -2.29. The standard InChI is InChI=1S/C9H15N3/c1-8-4-7-12(11-8)9-2-5-10-6-3-9/h4,7,9-10H,2-3,5-6H2,1H3. The van der Waals surface area contributed by atoms with E-state index in [0.717, 1.165) is 18.8 Å². The summed E-state index contributed by atoms with van der Waals surface area (Å²) in [5, 5.41) is 7.77. The van der Waals surface area contributed by atoms with E-state index in [2.05, 4.69) is 27.4 Å². The molecule has 1 aliphatic heterocycles. The molecule has 1 aromatic heterocycles. The highest BCUT2D eigenvalue weighted by molar-refractivity contribution is 4.96. The first-order valence-corrected chi connectivity index (χ1v) is 4.59. The van der Waals surface area contributed by atoms with Crippen molar-refractivity contribution in [3.8, 4) is 0 Å². The molecule has 0 unspecified atom stereocenters. The van der Waals surface area contributed by atoms with Gasteiger partial charge in [0.05, 0.1) is 11.7 Å². The van der Waals surface area contributed by atoms with Gasteiger partial charge in [-0.05, 0) is 38.9 Å². The maximum atomic E-state index is 4.42. The van der Waals surface area contributed by atoms with Crippen molar-refractivity contribution in [3.05, 3.63) is 18.0 Å². The van der Waals surface area contributed by atoms with Gasteiger partial charge >= 0.3 is 0 Å². The van der Waals surface area contributed by atoms with Gasteiger partial charge in [-0.15, -0.1) is 0 Å². The smallest absolute Gasteiger partial charge is 0.0593 e. The van der Waals surface area contributed by atoms with Crippen LogP contribution >= 0.6 is 0 Å². The van der Waals surface area contributed by atoms with E-state index < -0.39 is 0 Å². The molecule has 3 nitrogen and oxygen atoms in total. The first-order chi connectivity index (χ1) is 5.86. The van der Waals surface area contributed by atoms with Crippen molar-refractivity contribution in [1.82, 2.24) is 15.1 Å². The van der Waals surface area contributed by atoms with E-state index in [1.165, 1.54) is 12.8 Å². The van der Waals surface area contributed by atoms with Gasteiger partial charge in [0.25, 0.3) is 0 Å². The molecule has 1 saturated heterocycles. The Hall–Kier alpha value is -0.830. The van der Waals surface area contributed by atoms with E-state index in [0.29, 0.717) is 6.04 Å². The molecular formula is C9H15N3. The molecule has 3 heteroatoms. The summed E-state index contributed by atoms with van der Waals surface area (Å²) in [6, 6.07) is 2.70. The molecule has 0 aromatic carbocycles. The third-order valence-electron chi connectivity index (χ3n) is 2.42. The molecular weight excluding hydrogens is 150 g/mol. The molecule has 66 valence electrons. The van der Waals surface area contributed by atoms with Crippen LogP contribution in [0.1, 0.15) is 24.6 Å². The number of rotatable bonds is 1. The maximum Gasteiger partial charge on any atom is 0.0593 e. The van der Waals surface area contributed by atoms with E-state index in [4.69, 9.17) is 0 Å². The van der Waals surface area contributed by atoms with Gasteiger partial charge in [0.15, 0.2) is 0 Å². The zero-order chi connectivity index (χ0) is 8.39. The number of hydrogen-bond donors (Lipinski definition) is 1. The second-order valence-electron chi connectivity index (χ2n) is 3.42. The Balaban J connectivity index is 2.08. The third kappa shape index (κ3) is 1.50. The predicted molar refractivity (Wildman–Crippen MR) is 48.1 cm³/mol. The highest BCUT2D eigenvalue weighted by atomic mass is 15.3. The average Bonchev–Trinajstić information content (AvgIpc) is 2.54. The Morgan fingerprint density at radius 2 is 2.25 bits per heavy atom. The fourth-order valence-corrected chi connectivity index (χ4v) is 1.71. The minimum absolute atomic E-state index is 0.625. The summed E-state index contributed by atoms with van der Waals surface area (Å²) in [6.45, 7) is 4.30. The van der Waals surface area contributed by atoms with Crippen molar-refractivity contribution in [2.24, 2.45) is 0 Å². The lowest BCUT2D eigenvalue weighted by atomic mass is 10.1. The van der Waals surface area contributed by atoms with E-state index in [1.807, 2.05) is 6.92 Å². The van der Waals surface area contributed by atoms with Crippen molar-refractivity contribution in [2.45, 2.75) is 25.8 Å². The van der Waals surface area contributed by atoms with Crippen LogP contribution in [0.4, 0.5) is 0 Å². The van der Waals surface area contributed by atoms with Crippen LogP contribution < -0.4 is 5.32 Å². The van der Waals surface area contributed by atoms with Gasteiger partial charge in [-0.3, -0.25) is 4.68 Å². The molecule has 0 saturated carbocycles. The van der Waals surface area contributed by atoms with E-state index in [-0.39, 0.29) is 0 Å². The summed E-state index contributed by atoms with van der Waals surface area (Å²) in [7, 11) is 0. The second-order valence-corrected chi connectivity index (χ2v) is 3.42. The largest absolute Gasteiger partial charge is 0.317 e. The molecule has 0 amide bonds. The number of hydrogen-bond acceptors (Lipinski definition) is 2. The zero-order valence-corrected chi connectivity index (χ0v) is 7.45. The van der Waals surface area contributed by atoms with E-state index >= 15 is 0 Å². The quantitative estimate of drug-likeness (QED) is 0.675. The molecule has 1 aliphatic rings. The van der Waals surface area contributed by atoms with Gasteiger partial charge in [0.1, 0.15) is 0 Å². The zero-order valence-electron chi connectivity index (χ0n) is 7.45. The van der Waals surface area contributed by atoms with Crippen molar-refractivity contribution in [3.63, 3.8) is 0 Å². The Labute approximate surface area is 72.8 Å². The van der Waals surface area contributed by atoms with Crippen LogP contribution in [0.25, 0.3) is 0 Å². The molecule has 1 fully saturated rings. The highest BCUT2D eigenvalue weighted by Crippen LogP contribution is 2.17. The highest BCUT2D eigenvalue weighted by Gasteiger charge is 2.14. The van der Waals surface area contributed by atoms with Crippen LogP contribution in [-0.2, 0) is 0 Å². The average molecular weight is 165 g/mol. The van der Waals surface area contributed by atoms with Gasteiger partial charge in [0, 0.05) is 6.20 Å². The van der Waals surface area contributed by atoms with Crippen LogP contribution in [0.3, 0.4) is 0 Å². The van der Waals surface area contributed by atoms with Crippen LogP contribution in [0.5, 0.6) is 0 Å². The minimum Gasteiger partial charge on any atom is -0.317 e. The molecule has 1 N–H and O–H groups in total. The van der Waals surface area contributed by atoms with Crippen LogP contribution in [0, 0.1) is 6.92 Å². The van der Waals surface area contributed by atoms with Gasteiger partial charge in [-0.1, -0.05) is 0 Å². The minimum atomic E-state index is 0.625. The Morgan fingerprint density at radius 3 is 2.83 bits per heavy atom. The molecule has 1 aromatic rings. The van der Waals surface area contributed by atoms with Crippen LogP contribution in [0.2, 0.25) is 0 Å². The summed E-state index contributed by atoms with van der Waals surface area (Å²) in [5.41, 5.74) is 1.12. The molecule has 2 rings (SSSR count). The van der Waals surface area contributed by atoms with Crippen molar-refractivity contribution >= 4 is 0 Å². The molecule has 0 radical (unpaired) electrons. The summed E-state index contributed by atoms with van der Waals surface area (Å²) < 4.78 is 2.11. The normalized spacial score (nSPS) is 19.8. The van der Waals surface area contributed by atoms with Gasteiger partial charge < -0.3 is 5.32 Å². The molecule has 0 bridgehead atoms. The number of aryl methyl sites for hydroxylation is 1. The van der Waals surface area contributed by atoms with Gasteiger partial charge in [0.2, 0.25) is 0 Å². The molecule has 0 spiro atoms. The van der Waals surface area contributed by atoms with Crippen molar-refractivity contribution in [2.75, 3.05) is 13.1 Å². The maximum absolute atomic E-state index is 4.42. The fourth-order valence-electron chi connectivity index (χ4n) is 1.71. The fraction of sp³-hybridized carbons (Fsp3) is 0.667. The van der Waals surface area contributed by atoms with Crippen LogP contribution in [-0.4, -0.2) is 22.9 Å². The first kappa shape index (κ1) is 7.80. The topological polar surface area (TPSA) is 29.9 Å². The molecule has 2 heterocycles. The Morgan fingerprint density at radius 1 is 1.50 bits per heavy atom. The first-order valence-electron chi connectivity index (χ1n) is 4.59. The van der Waals surface area contributed by atoms with Gasteiger partial charge in [-0.2, -0.15) is 5.10 Å². The number of aromatic nitrogens is 2. The second kappa shape index (κ2) is 3.27. The molecule has 12 heavy (non-hydrogen) atoms. The third-order valence-corrected chi connectivity index (χ3v) is 2.42. The predicted octanol–water partition coefficient (Wildman–Crippen LogP) is 1.12.